The first-order chi connectivity index (χ1) is 15.4. The summed E-state index contributed by atoms with van der Waals surface area (Å²) in [7, 11) is 0. The minimum atomic E-state index is -0.893. The first-order valence-electron chi connectivity index (χ1n) is 10.5. The summed E-state index contributed by atoms with van der Waals surface area (Å²) in [5.74, 6) is -2.08. The molecule has 32 heavy (non-hydrogen) atoms. The van der Waals surface area contributed by atoms with E-state index in [4.69, 9.17) is 0 Å². The molecule has 0 aliphatic carbocycles. The zero-order chi connectivity index (χ0) is 22.7. The Balaban J connectivity index is 1.48. The van der Waals surface area contributed by atoms with Gasteiger partial charge in [0.2, 0.25) is 5.91 Å². The smallest absolute Gasteiger partial charge is 0.319 e. The fraction of sp³-hybridized carbons (Fsp3) is 0.304. The third-order valence-electron chi connectivity index (χ3n) is 5.56. The van der Waals surface area contributed by atoms with Crippen molar-refractivity contribution in [3.63, 3.8) is 0 Å². The number of hydrogen-bond donors (Lipinski definition) is 2. The van der Waals surface area contributed by atoms with E-state index >= 15 is 0 Å². The molecular formula is C23H23F3N4O2. The van der Waals surface area contributed by atoms with Gasteiger partial charge in [-0.25, -0.2) is 18.0 Å². The number of anilines is 1. The van der Waals surface area contributed by atoms with E-state index in [0.29, 0.717) is 22.5 Å². The predicted octanol–water partition coefficient (Wildman–Crippen LogP) is 4.39. The van der Waals surface area contributed by atoms with Crippen LogP contribution >= 0.6 is 0 Å². The van der Waals surface area contributed by atoms with Crippen LogP contribution in [0.2, 0.25) is 0 Å². The quantitative estimate of drug-likeness (QED) is 0.613. The summed E-state index contributed by atoms with van der Waals surface area (Å²) in [6.07, 6.45) is 4.81. The number of carbonyl (C=O) groups is 2. The zero-order valence-corrected chi connectivity index (χ0v) is 17.3. The van der Waals surface area contributed by atoms with Crippen LogP contribution < -0.4 is 10.6 Å². The van der Waals surface area contributed by atoms with Crippen LogP contribution in [0, 0.1) is 17.5 Å². The molecule has 6 nitrogen and oxygen atoms in total. The highest BCUT2D eigenvalue weighted by Crippen LogP contribution is 2.23. The lowest BCUT2D eigenvalue weighted by Gasteiger charge is -2.27. The van der Waals surface area contributed by atoms with E-state index in [1.807, 2.05) is 4.90 Å². The highest BCUT2D eigenvalue weighted by atomic mass is 19.1. The third-order valence-corrected chi connectivity index (χ3v) is 5.56. The highest BCUT2D eigenvalue weighted by Gasteiger charge is 2.19. The van der Waals surface area contributed by atoms with E-state index in [0.717, 1.165) is 44.5 Å². The maximum atomic E-state index is 13.9. The Hall–Kier alpha value is -3.49. The summed E-state index contributed by atoms with van der Waals surface area (Å²) >= 11 is 0. The van der Waals surface area contributed by atoms with Crippen LogP contribution in [0.5, 0.6) is 0 Å². The molecule has 0 spiro atoms. The predicted molar refractivity (Wildman–Crippen MR) is 115 cm³/mol. The van der Waals surface area contributed by atoms with Crippen molar-refractivity contribution in [1.82, 2.24) is 14.8 Å². The van der Waals surface area contributed by atoms with Gasteiger partial charge in [-0.05, 0) is 55.2 Å². The fourth-order valence-electron chi connectivity index (χ4n) is 3.94. The molecule has 2 heterocycles. The van der Waals surface area contributed by atoms with E-state index in [-0.39, 0.29) is 24.7 Å². The fourth-order valence-corrected chi connectivity index (χ4v) is 3.94. The molecule has 1 fully saturated rings. The average Bonchev–Trinajstić information content (AvgIpc) is 3.11. The Morgan fingerprint density at radius 1 is 0.938 bits per heavy atom. The number of fused-ring (bicyclic) bond motifs is 1. The number of amides is 3. The molecule has 3 amide bonds. The molecule has 0 saturated carbocycles. The molecule has 1 saturated heterocycles. The van der Waals surface area contributed by atoms with E-state index in [1.54, 1.807) is 16.8 Å². The standard InChI is InChI=1S/C23H23F3N4O2/c24-16-5-7-21-18(10-16)15(13-30(21)14-22(31)29-8-2-1-3-9-29)12-27-23(32)28-20-6-4-17(25)11-19(20)26/h4-7,10-11,13H,1-3,8-9,12,14H2,(H2,27,28,32). The number of aromatic nitrogens is 1. The van der Waals surface area contributed by atoms with Crippen LogP contribution in [-0.4, -0.2) is 34.5 Å². The van der Waals surface area contributed by atoms with E-state index in [1.165, 1.54) is 12.1 Å². The molecule has 9 heteroatoms. The van der Waals surface area contributed by atoms with Crippen molar-refractivity contribution >= 4 is 28.5 Å². The minimum Gasteiger partial charge on any atom is -0.341 e. The second-order valence-electron chi connectivity index (χ2n) is 7.82. The Kier molecular flexibility index (Phi) is 6.34. The lowest BCUT2D eigenvalue weighted by Crippen LogP contribution is -2.37. The largest absolute Gasteiger partial charge is 0.341 e. The number of hydrogen-bond acceptors (Lipinski definition) is 2. The van der Waals surface area contributed by atoms with E-state index in [2.05, 4.69) is 10.6 Å². The number of nitrogens with zero attached hydrogens (tertiary/aromatic N) is 2. The van der Waals surface area contributed by atoms with Crippen molar-refractivity contribution in [2.24, 2.45) is 0 Å². The molecule has 2 N–H and O–H groups in total. The molecule has 1 aliphatic heterocycles. The van der Waals surface area contributed by atoms with Gasteiger partial charge in [-0.3, -0.25) is 4.79 Å². The molecule has 0 radical (unpaired) electrons. The number of nitrogens with one attached hydrogen (secondary N) is 2. The molecule has 0 bridgehead atoms. The van der Waals surface area contributed by atoms with Gasteiger partial charge in [-0.2, -0.15) is 0 Å². The van der Waals surface area contributed by atoms with Crippen molar-refractivity contribution in [2.75, 3.05) is 18.4 Å². The summed E-state index contributed by atoms with van der Waals surface area (Å²) in [6.45, 7) is 1.62. The Morgan fingerprint density at radius 2 is 1.66 bits per heavy atom. The summed E-state index contributed by atoms with van der Waals surface area (Å²) in [5.41, 5.74) is 1.13. The first kappa shape index (κ1) is 21.7. The van der Waals surface area contributed by atoms with Gasteiger partial charge < -0.3 is 20.1 Å². The molecule has 4 rings (SSSR count). The molecule has 3 aromatic rings. The van der Waals surface area contributed by atoms with Crippen molar-refractivity contribution in [1.29, 1.82) is 0 Å². The topological polar surface area (TPSA) is 66.4 Å². The number of urea groups is 1. The number of benzene rings is 2. The van der Waals surface area contributed by atoms with Gasteiger partial charge in [0.05, 0.1) is 5.69 Å². The van der Waals surface area contributed by atoms with Gasteiger partial charge in [-0.15, -0.1) is 0 Å². The molecule has 1 aliphatic rings. The monoisotopic (exact) mass is 444 g/mol. The van der Waals surface area contributed by atoms with Gasteiger partial charge in [0, 0.05) is 42.8 Å². The number of halogens is 3. The van der Waals surface area contributed by atoms with Gasteiger partial charge in [0.15, 0.2) is 0 Å². The van der Waals surface area contributed by atoms with Crippen LogP contribution in [0.3, 0.4) is 0 Å². The maximum Gasteiger partial charge on any atom is 0.319 e. The van der Waals surface area contributed by atoms with Gasteiger partial charge in [0.25, 0.3) is 0 Å². The average molecular weight is 444 g/mol. The molecule has 2 aromatic carbocycles. The van der Waals surface area contributed by atoms with Crippen molar-refractivity contribution < 1.29 is 22.8 Å². The van der Waals surface area contributed by atoms with Crippen molar-refractivity contribution in [3.05, 3.63) is 65.6 Å². The van der Waals surface area contributed by atoms with Crippen LogP contribution in [0.15, 0.2) is 42.6 Å². The molecule has 1 aromatic heterocycles. The molecular weight excluding hydrogens is 421 g/mol. The van der Waals surface area contributed by atoms with Crippen molar-refractivity contribution in [2.45, 2.75) is 32.4 Å². The van der Waals surface area contributed by atoms with E-state index in [9.17, 15) is 22.8 Å². The summed E-state index contributed by atoms with van der Waals surface area (Å²) in [4.78, 5) is 26.7. The normalized spacial score (nSPS) is 13.9. The minimum absolute atomic E-state index is 0.00466. The molecule has 0 atom stereocenters. The summed E-state index contributed by atoms with van der Waals surface area (Å²) in [5, 5.41) is 5.48. The Morgan fingerprint density at radius 3 is 2.41 bits per heavy atom. The number of likely N-dealkylation sites (tertiary alicyclic amines) is 1. The second kappa shape index (κ2) is 9.33. The Bertz CT molecular complexity index is 1160. The van der Waals surface area contributed by atoms with E-state index < -0.39 is 23.5 Å². The zero-order valence-electron chi connectivity index (χ0n) is 17.3. The molecule has 0 unspecified atom stereocenters. The lowest BCUT2D eigenvalue weighted by molar-refractivity contribution is -0.132. The first-order valence-corrected chi connectivity index (χ1v) is 10.5. The Labute approximate surface area is 183 Å². The molecule has 168 valence electrons. The third kappa shape index (κ3) is 4.87. The number of piperidine rings is 1. The van der Waals surface area contributed by atoms with Crippen LogP contribution in [0.4, 0.5) is 23.7 Å². The number of carbonyl (C=O) groups excluding carboxylic acids is 2. The van der Waals surface area contributed by atoms with Crippen LogP contribution in [0.25, 0.3) is 10.9 Å². The van der Waals surface area contributed by atoms with Gasteiger partial charge in [-0.1, -0.05) is 0 Å². The second-order valence-corrected chi connectivity index (χ2v) is 7.82. The van der Waals surface area contributed by atoms with Crippen LogP contribution in [0.1, 0.15) is 24.8 Å². The SMILES string of the molecule is O=C(NCc1cn(CC(=O)N2CCCCC2)c2ccc(F)cc12)Nc1ccc(F)cc1F. The van der Waals surface area contributed by atoms with Gasteiger partial charge in [0.1, 0.15) is 24.0 Å². The van der Waals surface area contributed by atoms with Gasteiger partial charge >= 0.3 is 6.03 Å². The highest BCUT2D eigenvalue weighted by molar-refractivity contribution is 5.90. The van der Waals surface area contributed by atoms with Crippen molar-refractivity contribution in [3.8, 4) is 0 Å². The maximum absolute atomic E-state index is 13.9. The number of rotatable bonds is 5. The summed E-state index contributed by atoms with van der Waals surface area (Å²) in [6, 6.07) is 6.41. The summed E-state index contributed by atoms with van der Waals surface area (Å²) < 4.78 is 42.4. The van der Waals surface area contributed by atoms with Crippen LogP contribution in [-0.2, 0) is 17.9 Å². The lowest BCUT2D eigenvalue weighted by atomic mass is 10.1.